The first-order valence-corrected chi connectivity index (χ1v) is 14.2. The van der Waals surface area contributed by atoms with Crippen molar-refractivity contribution in [3.05, 3.63) is 63.0 Å². The minimum atomic E-state index is -1.10. The zero-order chi connectivity index (χ0) is 13.6. The van der Waals surface area contributed by atoms with Gasteiger partial charge in [-0.1, -0.05) is 0 Å². The van der Waals surface area contributed by atoms with Crippen LogP contribution in [0.2, 0.25) is 18.6 Å². The summed E-state index contributed by atoms with van der Waals surface area (Å²) in [6, 6.07) is 12.4. The molecule has 0 aromatic heterocycles. The van der Waals surface area contributed by atoms with Gasteiger partial charge in [-0.25, -0.2) is 0 Å². The summed E-state index contributed by atoms with van der Waals surface area (Å²) in [6.07, 6.45) is 14.9. The molecule has 0 bridgehead atoms. The molecule has 4 heteroatoms. The summed E-state index contributed by atoms with van der Waals surface area (Å²) in [5.41, 5.74) is 3.23. The van der Waals surface area contributed by atoms with Crippen molar-refractivity contribution in [2.45, 2.75) is 34.3 Å². The van der Waals surface area contributed by atoms with Gasteiger partial charge in [0.1, 0.15) is 0 Å². The van der Waals surface area contributed by atoms with Crippen molar-refractivity contribution in [1.82, 2.24) is 0 Å². The second-order valence-electron chi connectivity index (χ2n) is 6.59. The summed E-state index contributed by atoms with van der Waals surface area (Å²) in [5, 5.41) is 0. The minimum absolute atomic E-state index is 0. The van der Waals surface area contributed by atoms with Gasteiger partial charge in [-0.05, 0) is 0 Å². The second-order valence-corrected chi connectivity index (χ2v) is 19.3. The molecule has 0 saturated carbocycles. The van der Waals surface area contributed by atoms with E-state index in [9.17, 15) is 0 Å². The molecule has 4 rings (SSSR count). The van der Waals surface area contributed by atoms with Gasteiger partial charge in [-0.2, -0.15) is 0 Å². The van der Waals surface area contributed by atoms with Gasteiger partial charge in [0.25, 0.3) is 0 Å². The van der Waals surface area contributed by atoms with Crippen molar-refractivity contribution < 1.29 is 47.7 Å². The Hall–Kier alpha value is 0.107. The average molecular weight is 514 g/mol. The van der Waals surface area contributed by atoms with Crippen LogP contribution in [0, 0.1) is 0 Å². The zero-order valence-electron chi connectivity index (χ0n) is 12.8. The number of rotatable bonds is 3. The number of allylic oxidation sites excluding steroid dienone is 5. The molecule has 0 amide bonds. The van der Waals surface area contributed by atoms with Gasteiger partial charge in [0.2, 0.25) is 0 Å². The largest absolute Gasteiger partial charge is 1.00 e. The van der Waals surface area contributed by atoms with Gasteiger partial charge in [0.05, 0.1) is 0 Å². The molecule has 114 valence electrons. The number of fused-ring (bicyclic) bond motifs is 1. The summed E-state index contributed by atoms with van der Waals surface area (Å²) < 4.78 is 2.40. The van der Waals surface area contributed by atoms with Gasteiger partial charge in [-0.15, -0.1) is 0 Å². The predicted molar refractivity (Wildman–Crippen MR) is 84.8 cm³/mol. The van der Waals surface area contributed by atoms with Gasteiger partial charge >= 0.3 is 134 Å². The predicted octanol–water partition coefficient (Wildman–Crippen LogP) is -1.14. The van der Waals surface area contributed by atoms with Crippen LogP contribution in [0.15, 0.2) is 51.9 Å². The van der Waals surface area contributed by atoms with Crippen LogP contribution < -0.4 is 24.8 Å². The molecule has 1 unspecified atom stereocenters. The molecule has 1 saturated heterocycles. The molecule has 0 nitrogen and oxygen atoms in total. The molecule has 22 heavy (non-hydrogen) atoms. The van der Waals surface area contributed by atoms with Crippen LogP contribution in [-0.4, -0.2) is 8.07 Å². The van der Waals surface area contributed by atoms with E-state index in [2.05, 4.69) is 61.2 Å². The number of benzene rings is 1. The Morgan fingerprint density at radius 3 is 2.55 bits per heavy atom. The summed E-state index contributed by atoms with van der Waals surface area (Å²) >= 11 is -0.842. The van der Waals surface area contributed by atoms with Gasteiger partial charge < -0.3 is 24.8 Å². The van der Waals surface area contributed by atoms with E-state index in [1.165, 1.54) is 18.4 Å². The Balaban J connectivity index is 0.000000882. The zero-order valence-corrected chi connectivity index (χ0v) is 18.9. The molecule has 0 N–H and O–H groups in total. The first kappa shape index (κ1) is 18.4. The molecule has 2 aliphatic carbocycles. The van der Waals surface area contributed by atoms with Crippen molar-refractivity contribution in [2.24, 2.45) is 0 Å². The van der Waals surface area contributed by atoms with Crippen molar-refractivity contribution in [2.75, 3.05) is 0 Å². The SMILES string of the molecule is C[Si]1([C]2([Hf+2][C]3=CC=CC3)C=Cc3ccccc32)CCC1.[Cl-].[Cl-]. The fraction of sp³-hybridized carbons (Fsp3) is 0.333. The van der Waals surface area contributed by atoms with E-state index in [0.717, 1.165) is 0 Å². The van der Waals surface area contributed by atoms with Crippen molar-refractivity contribution >= 4 is 14.1 Å². The average Bonchev–Trinajstić information content (AvgIpc) is 3.06. The van der Waals surface area contributed by atoms with E-state index >= 15 is 0 Å². The van der Waals surface area contributed by atoms with Crippen molar-refractivity contribution in [3.63, 3.8) is 0 Å². The Bertz CT molecular complexity index is 646. The summed E-state index contributed by atoms with van der Waals surface area (Å²) in [7, 11) is -1.10. The minimum Gasteiger partial charge on any atom is -1.00 e. The maximum absolute atomic E-state index is 2.69. The fourth-order valence-corrected chi connectivity index (χ4v) is 20.3. The molecule has 1 heterocycles. The van der Waals surface area contributed by atoms with Crippen LogP contribution in [0.3, 0.4) is 0 Å². The quantitative estimate of drug-likeness (QED) is 0.449. The topological polar surface area (TPSA) is 0 Å². The normalized spacial score (nSPS) is 26.1. The molecule has 1 fully saturated rings. The standard InChI is InChI=1S/C13H15Si.C5H5.2ClH.Hf/c1-14(9-4-10-14)13-8-7-11-5-2-3-6-12(11)13;1-2-4-5-3-1;;;/h2-3,5-8H,4,9-10H2,1H3;1-3H,4H2;2*1H;/q;;;;+2/p-2. The number of halogens is 2. The van der Waals surface area contributed by atoms with Crippen LogP contribution in [0.25, 0.3) is 6.08 Å². The van der Waals surface area contributed by atoms with Gasteiger partial charge in [-0.3, -0.25) is 0 Å². The van der Waals surface area contributed by atoms with Crippen LogP contribution in [-0.2, 0) is 25.7 Å². The first-order chi connectivity index (χ1) is 9.74. The Kier molecular flexibility index (Phi) is 5.81. The maximum Gasteiger partial charge on any atom is -1.00 e. The Morgan fingerprint density at radius 2 is 1.91 bits per heavy atom. The Morgan fingerprint density at radius 1 is 1.14 bits per heavy atom. The molecule has 1 aromatic rings. The molecule has 3 aliphatic rings. The van der Waals surface area contributed by atoms with E-state index in [0.29, 0.717) is 2.79 Å². The Labute approximate surface area is 158 Å². The molecule has 0 spiro atoms. The van der Waals surface area contributed by atoms with Crippen LogP contribution >= 0.6 is 0 Å². The van der Waals surface area contributed by atoms with E-state index in [1.54, 1.807) is 17.7 Å². The molecular formula is C18H20Cl2HfSi. The fourth-order valence-electron chi connectivity index (χ4n) is 3.99. The number of hydrogen-bond donors (Lipinski definition) is 0. The van der Waals surface area contributed by atoms with Gasteiger partial charge in [0, 0.05) is 0 Å². The van der Waals surface area contributed by atoms with Crippen LogP contribution in [0.1, 0.15) is 24.0 Å². The number of hydrogen-bond acceptors (Lipinski definition) is 0. The third-order valence-corrected chi connectivity index (χ3v) is 23.7. The van der Waals surface area contributed by atoms with Crippen molar-refractivity contribution in [1.29, 1.82) is 0 Å². The molecule has 1 aromatic carbocycles. The summed E-state index contributed by atoms with van der Waals surface area (Å²) in [5.74, 6) is 0. The van der Waals surface area contributed by atoms with Crippen LogP contribution in [0.5, 0.6) is 0 Å². The molecular weight excluding hydrogens is 494 g/mol. The smallest absolute Gasteiger partial charge is 1.00 e. The molecule has 0 radical (unpaired) electrons. The molecule has 1 atom stereocenters. The third kappa shape index (κ3) is 2.70. The summed E-state index contributed by atoms with van der Waals surface area (Å²) in [4.78, 5) is 0. The van der Waals surface area contributed by atoms with E-state index < -0.39 is 31.0 Å². The first-order valence-electron chi connectivity index (χ1n) is 7.66. The van der Waals surface area contributed by atoms with E-state index in [1.807, 2.05) is 3.33 Å². The maximum atomic E-state index is 2.69. The third-order valence-electron chi connectivity index (χ3n) is 5.44. The van der Waals surface area contributed by atoms with Gasteiger partial charge in [0.15, 0.2) is 0 Å². The van der Waals surface area contributed by atoms with E-state index in [-0.39, 0.29) is 24.8 Å². The monoisotopic (exact) mass is 514 g/mol. The van der Waals surface area contributed by atoms with Crippen LogP contribution in [0.4, 0.5) is 0 Å². The second kappa shape index (κ2) is 6.92. The summed E-state index contributed by atoms with van der Waals surface area (Å²) in [6.45, 7) is 2.69. The molecule has 1 aliphatic heterocycles. The van der Waals surface area contributed by atoms with E-state index in [4.69, 9.17) is 0 Å². The van der Waals surface area contributed by atoms with Crippen molar-refractivity contribution in [3.8, 4) is 0 Å².